The highest BCUT2D eigenvalue weighted by atomic mass is 16.5. The van der Waals surface area contributed by atoms with E-state index in [1.807, 2.05) is 49.1 Å². The van der Waals surface area contributed by atoms with Gasteiger partial charge in [0.25, 0.3) is 0 Å². The number of nitrogens with zero attached hydrogens (tertiary/aromatic N) is 2. The minimum Gasteiger partial charge on any atom is -0.465 e. The third-order valence-corrected chi connectivity index (χ3v) is 3.21. The number of amides is 1. The van der Waals surface area contributed by atoms with Crippen LogP contribution in [0, 0.1) is 0 Å². The number of ether oxygens (including phenoxy) is 1. The first-order valence-electron chi connectivity index (χ1n) is 7.35. The van der Waals surface area contributed by atoms with Gasteiger partial charge in [-0.15, -0.1) is 0 Å². The summed E-state index contributed by atoms with van der Waals surface area (Å²) in [6.45, 7) is 7.91. The van der Waals surface area contributed by atoms with Crippen molar-refractivity contribution in [1.29, 1.82) is 0 Å². The van der Waals surface area contributed by atoms with E-state index < -0.39 is 5.97 Å². The van der Waals surface area contributed by atoms with E-state index in [0.717, 1.165) is 13.1 Å². The van der Waals surface area contributed by atoms with Crippen molar-refractivity contribution in [1.82, 2.24) is 4.90 Å². The Morgan fingerprint density at radius 2 is 1.62 bits per heavy atom. The summed E-state index contributed by atoms with van der Waals surface area (Å²) >= 11 is 0. The number of para-hydroxylation sites is 1. The molecule has 1 aromatic carbocycles. The Morgan fingerprint density at radius 3 is 2.14 bits per heavy atom. The molecule has 0 aliphatic carbocycles. The van der Waals surface area contributed by atoms with Crippen LogP contribution in [0.2, 0.25) is 0 Å². The van der Waals surface area contributed by atoms with E-state index >= 15 is 0 Å². The lowest BCUT2D eigenvalue weighted by atomic mass is 10.2. The van der Waals surface area contributed by atoms with Gasteiger partial charge in [-0.25, -0.2) is 0 Å². The minimum absolute atomic E-state index is 0.0576. The van der Waals surface area contributed by atoms with Gasteiger partial charge >= 0.3 is 5.97 Å². The first-order valence-corrected chi connectivity index (χ1v) is 7.35. The summed E-state index contributed by atoms with van der Waals surface area (Å²) in [7, 11) is 0. The van der Waals surface area contributed by atoms with Crippen LogP contribution in [0.25, 0.3) is 0 Å². The van der Waals surface area contributed by atoms with Crippen LogP contribution >= 0.6 is 0 Å². The molecule has 0 aliphatic rings. The zero-order valence-electron chi connectivity index (χ0n) is 13.0. The van der Waals surface area contributed by atoms with Crippen LogP contribution in [0.5, 0.6) is 0 Å². The van der Waals surface area contributed by atoms with Crippen molar-refractivity contribution in [3.63, 3.8) is 0 Å². The summed E-state index contributed by atoms with van der Waals surface area (Å²) in [6, 6.07) is 9.20. The quantitative estimate of drug-likeness (QED) is 0.687. The fourth-order valence-corrected chi connectivity index (χ4v) is 1.99. The normalized spacial score (nSPS) is 10.5. The van der Waals surface area contributed by atoms with Crippen LogP contribution in [0.1, 0.15) is 20.8 Å². The third-order valence-electron chi connectivity index (χ3n) is 3.21. The Kier molecular flexibility index (Phi) is 7.46. The van der Waals surface area contributed by atoms with E-state index in [0.29, 0.717) is 18.8 Å². The van der Waals surface area contributed by atoms with Gasteiger partial charge in [-0.1, -0.05) is 32.0 Å². The molecule has 0 saturated carbocycles. The molecule has 116 valence electrons. The second-order valence-corrected chi connectivity index (χ2v) is 4.58. The summed E-state index contributed by atoms with van der Waals surface area (Å²) in [5.74, 6) is -0.493. The summed E-state index contributed by atoms with van der Waals surface area (Å²) in [6.07, 6.45) is 0. The van der Waals surface area contributed by atoms with Gasteiger partial charge in [-0.05, 0) is 32.1 Å². The maximum absolute atomic E-state index is 12.5. The molecule has 1 amide bonds. The number of carbonyl (C=O) groups excluding carboxylic acids is 2. The van der Waals surface area contributed by atoms with Crippen molar-refractivity contribution in [2.45, 2.75) is 20.8 Å². The molecule has 0 spiro atoms. The highest BCUT2D eigenvalue weighted by molar-refractivity contribution is 5.98. The SMILES string of the molecule is CCOC(=O)CN(C(=O)CN(CC)CC)c1ccccc1. The van der Waals surface area contributed by atoms with Crippen LogP contribution in [0.3, 0.4) is 0 Å². The number of hydrogen-bond acceptors (Lipinski definition) is 4. The number of anilines is 1. The predicted octanol–water partition coefficient (Wildman–Crippen LogP) is 1.92. The molecule has 0 atom stereocenters. The lowest BCUT2D eigenvalue weighted by molar-refractivity contribution is -0.142. The molecular weight excluding hydrogens is 268 g/mol. The molecule has 0 bridgehead atoms. The molecular formula is C16H24N2O3. The van der Waals surface area contributed by atoms with Crippen LogP contribution in [-0.2, 0) is 14.3 Å². The molecule has 0 heterocycles. The molecule has 21 heavy (non-hydrogen) atoms. The fourth-order valence-electron chi connectivity index (χ4n) is 1.99. The van der Waals surface area contributed by atoms with E-state index in [-0.39, 0.29) is 12.5 Å². The molecule has 0 aromatic heterocycles. The Balaban J connectivity index is 2.86. The number of hydrogen-bond donors (Lipinski definition) is 0. The first kappa shape index (κ1) is 17.2. The second kappa shape index (κ2) is 9.13. The van der Waals surface area contributed by atoms with Crippen LogP contribution in [0.15, 0.2) is 30.3 Å². The van der Waals surface area contributed by atoms with Gasteiger partial charge in [0.15, 0.2) is 0 Å². The van der Waals surface area contributed by atoms with Gasteiger partial charge in [0.2, 0.25) is 5.91 Å². The summed E-state index contributed by atoms with van der Waals surface area (Å²) in [5.41, 5.74) is 0.711. The molecule has 0 fully saturated rings. The van der Waals surface area contributed by atoms with Gasteiger partial charge in [-0.3, -0.25) is 14.5 Å². The maximum Gasteiger partial charge on any atom is 0.326 e. The van der Waals surface area contributed by atoms with E-state index in [1.54, 1.807) is 6.92 Å². The van der Waals surface area contributed by atoms with Crippen molar-refractivity contribution in [2.24, 2.45) is 0 Å². The lowest BCUT2D eigenvalue weighted by Crippen LogP contribution is -2.43. The first-order chi connectivity index (χ1) is 10.1. The van der Waals surface area contributed by atoms with Gasteiger partial charge in [0.1, 0.15) is 6.54 Å². The second-order valence-electron chi connectivity index (χ2n) is 4.58. The third kappa shape index (κ3) is 5.55. The van der Waals surface area contributed by atoms with E-state index in [9.17, 15) is 9.59 Å². The lowest BCUT2D eigenvalue weighted by Gasteiger charge is -2.25. The highest BCUT2D eigenvalue weighted by Crippen LogP contribution is 2.14. The Bertz CT molecular complexity index is 444. The molecule has 5 nitrogen and oxygen atoms in total. The maximum atomic E-state index is 12.5. The topological polar surface area (TPSA) is 49.9 Å². The van der Waals surface area contributed by atoms with Crippen LogP contribution < -0.4 is 4.90 Å². The summed E-state index contributed by atoms with van der Waals surface area (Å²) in [4.78, 5) is 27.7. The molecule has 5 heteroatoms. The number of esters is 1. The largest absolute Gasteiger partial charge is 0.465 e. The summed E-state index contributed by atoms with van der Waals surface area (Å²) < 4.78 is 4.96. The van der Waals surface area contributed by atoms with E-state index in [2.05, 4.69) is 0 Å². The van der Waals surface area contributed by atoms with Gasteiger partial charge in [-0.2, -0.15) is 0 Å². The zero-order valence-corrected chi connectivity index (χ0v) is 13.0. The number of benzene rings is 1. The van der Waals surface area contributed by atoms with Crippen molar-refractivity contribution >= 4 is 17.6 Å². The monoisotopic (exact) mass is 292 g/mol. The predicted molar refractivity (Wildman–Crippen MR) is 83.2 cm³/mol. The Hall–Kier alpha value is -1.88. The average molecular weight is 292 g/mol. The molecule has 0 N–H and O–H groups in total. The van der Waals surface area contributed by atoms with Crippen molar-refractivity contribution < 1.29 is 14.3 Å². The molecule has 0 radical (unpaired) electrons. The van der Waals surface area contributed by atoms with Crippen molar-refractivity contribution in [3.05, 3.63) is 30.3 Å². The van der Waals surface area contributed by atoms with Crippen molar-refractivity contribution in [2.75, 3.05) is 37.7 Å². The molecule has 1 rings (SSSR count). The Morgan fingerprint density at radius 1 is 1.00 bits per heavy atom. The number of rotatable bonds is 8. The van der Waals surface area contributed by atoms with E-state index in [1.165, 1.54) is 4.90 Å². The van der Waals surface area contributed by atoms with Crippen molar-refractivity contribution in [3.8, 4) is 0 Å². The van der Waals surface area contributed by atoms with Gasteiger partial charge in [0, 0.05) is 5.69 Å². The summed E-state index contributed by atoms with van der Waals surface area (Å²) in [5, 5.41) is 0. The molecule has 1 aromatic rings. The smallest absolute Gasteiger partial charge is 0.326 e. The zero-order chi connectivity index (χ0) is 15.7. The van der Waals surface area contributed by atoms with Gasteiger partial charge < -0.3 is 9.64 Å². The molecule has 0 saturated heterocycles. The van der Waals surface area contributed by atoms with Crippen LogP contribution in [-0.4, -0.2) is 49.6 Å². The van der Waals surface area contributed by atoms with E-state index in [4.69, 9.17) is 4.74 Å². The molecule has 0 unspecified atom stereocenters. The van der Waals surface area contributed by atoms with Crippen LogP contribution in [0.4, 0.5) is 5.69 Å². The minimum atomic E-state index is -0.394. The fraction of sp³-hybridized carbons (Fsp3) is 0.500. The average Bonchev–Trinajstić information content (AvgIpc) is 2.51. The highest BCUT2D eigenvalue weighted by Gasteiger charge is 2.21. The standard InChI is InChI=1S/C16H24N2O3/c1-4-17(5-2)12-15(19)18(13-16(20)21-6-3)14-10-8-7-9-11-14/h7-11H,4-6,12-13H2,1-3H3. The Labute approximate surface area is 126 Å². The molecule has 0 aliphatic heterocycles. The number of likely N-dealkylation sites (N-methyl/N-ethyl adjacent to an activating group) is 1. The number of carbonyl (C=O) groups is 2. The van der Waals surface area contributed by atoms with Gasteiger partial charge in [0.05, 0.1) is 13.2 Å².